The number of rotatable bonds is 6. The highest BCUT2D eigenvalue weighted by molar-refractivity contribution is 9.10. The van der Waals surface area contributed by atoms with Gasteiger partial charge < -0.3 is 9.84 Å². The van der Waals surface area contributed by atoms with E-state index in [-0.39, 0.29) is 47.5 Å². The molecule has 1 aromatic carbocycles. The summed E-state index contributed by atoms with van der Waals surface area (Å²) >= 11 is 3.47. The molecule has 0 radical (unpaired) electrons. The van der Waals surface area contributed by atoms with Crippen molar-refractivity contribution in [3.05, 3.63) is 45.0 Å². The van der Waals surface area contributed by atoms with E-state index in [1.165, 1.54) is 23.1 Å². The van der Waals surface area contributed by atoms with Gasteiger partial charge in [0.1, 0.15) is 5.75 Å². The number of fused-ring (bicyclic) bond motifs is 3. The second-order valence-corrected chi connectivity index (χ2v) is 11.7. The zero-order chi connectivity index (χ0) is 24.7. The van der Waals surface area contributed by atoms with Gasteiger partial charge in [-0.3, -0.25) is 14.5 Å². The number of allylic oxidation sites excluding steroid dienone is 2. The van der Waals surface area contributed by atoms with Gasteiger partial charge in [0.15, 0.2) is 0 Å². The van der Waals surface area contributed by atoms with E-state index in [0.717, 1.165) is 55.0 Å². The fourth-order valence-electron chi connectivity index (χ4n) is 6.87. The third-order valence-corrected chi connectivity index (χ3v) is 9.09. The lowest BCUT2D eigenvalue weighted by Gasteiger charge is -2.31. The molecule has 188 valence electrons. The van der Waals surface area contributed by atoms with E-state index in [1.807, 2.05) is 18.2 Å². The number of phenolic OH excluding ortho intramolecular Hbond substituents is 1. The van der Waals surface area contributed by atoms with E-state index in [0.29, 0.717) is 13.0 Å². The van der Waals surface area contributed by atoms with Crippen LogP contribution in [0, 0.1) is 17.8 Å². The van der Waals surface area contributed by atoms with Gasteiger partial charge in [0.2, 0.25) is 11.8 Å². The van der Waals surface area contributed by atoms with E-state index >= 15 is 0 Å². The minimum Gasteiger partial charge on any atom is -0.507 e. The molecule has 35 heavy (non-hydrogen) atoms. The number of hydrogen-bond donors (Lipinski definition) is 1. The fraction of sp³-hybridized carbons (Fsp3) is 0.586. The molecule has 3 fully saturated rings. The molecule has 6 heteroatoms. The lowest BCUT2D eigenvalue weighted by molar-refractivity contribution is -0.143. The zero-order valence-electron chi connectivity index (χ0n) is 20.8. The summed E-state index contributed by atoms with van der Waals surface area (Å²) in [6, 6.07) is 5.54. The number of aromatic hydroxyl groups is 1. The summed E-state index contributed by atoms with van der Waals surface area (Å²) in [6.45, 7) is 4.79. The van der Waals surface area contributed by atoms with Crippen LogP contribution in [-0.2, 0) is 14.3 Å². The number of carbonyl (C=O) groups is 2. The van der Waals surface area contributed by atoms with E-state index in [1.54, 1.807) is 11.0 Å². The lowest BCUT2D eigenvalue weighted by Crippen LogP contribution is -2.42. The summed E-state index contributed by atoms with van der Waals surface area (Å²) in [5.41, 5.74) is 4.61. The third-order valence-electron chi connectivity index (χ3n) is 8.60. The van der Waals surface area contributed by atoms with Gasteiger partial charge in [0.25, 0.3) is 0 Å². The van der Waals surface area contributed by atoms with Crippen molar-refractivity contribution in [3.8, 4) is 5.75 Å². The first-order chi connectivity index (χ1) is 16.9. The quantitative estimate of drug-likeness (QED) is 0.334. The van der Waals surface area contributed by atoms with Crippen molar-refractivity contribution in [1.82, 2.24) is 4.90 Å². The van der Waals surface area contributed by atoms with Crippen LogP contribution in [0.4, 0.5) is 0 Å². The van der Waals surface area contributed by atoms with Crippen LogP contribution in [0.3, 0.4) is 0 Å². The molecule has 0 spiro atoms. The SMILES string of the molecule is CCC1=C2[C@@H](CC/C(C)=C/c3cc(Br)ccc3O)OC[C@@H]2[C@@H]2C(=O)N(C3CCCCC3)C(=O)[C@@H]2C1. The van der Waals surface area contributed by atoms with Gasteiger partial charge in [-0.25, -0.2) is 0 Å². The van der Waals surface area contributed by atoms with E-state index < -0.39 is 0 Å². The average Bonchev–Trinajstić information content (AvgIpc) is 3.38. The van der Waals surface area contributed by atoms with Crippen LogP contribution in [0.25, 0.3) is 6.08 Å². The van der Waals surface area contributed by atoms with Crippen molar-refractivity contribution in [1.29, 1.82) is 0 Å². The molecule has 0 bridgehead atoms. The largest absolute Gasteiger partial charge is 0.507 e. The predicted octanol–water partition coefficient (Wildman–Crippen LogP) is 6.40. The Kier molecular flexibility index (Phi) is 7.23. The van der Waals surface area contributed by atoms with Gasteiger partial charge in [-0.05, 0) is 69.2 Å². The molecule has 1 aromatic rings. The first kappa shape index (κ1) is 24.8. The predicted molar refractivity (Wildman–Crippen MR) is 140 cm³/mol. The standard InChI is InChI=1S/C29H36BrNO4/c1-3-18-15-22-27(29(34)31(28(22)33)21-7-5-4-6-8-21)23-16-35-25(26(18)23)12-9-17(2)13-19-14-20(30)10-11-24(19)32/h10-11,13-14,21-23,25,27,32H,3-9,12,15-16H2,1-2H3/b17-13+/t22-,23+,25-,27-/m1/s1. The zero-order valence-corrected chi connectivity index (χ0v) is 22.4. The molecule has 0 aromatic heterocycles. The van der Waals surface area contributed by atoms with Crippen LogP contribution in [0.1, 0.15) is 77.2 Å². The Balaban J connectivity index is 1.33. The molecule has 2 amide bonds. The molecular formula is C29H36BrNO4. The summed E-state index contributed by atoms with van der Waals surface area (Å²) < 4.78 is 7.26. The van der Waals surface area contributed by atoms with Crippen molar-refractivity contribution in [2.24, 2.45) is 17.8 Å². The van der Waals surface area contributed by atoms with E-state index in [9.17, 15) is 14.7 Å². The highest BCUT2D eigenvalue weighted by Gasteiger charge is 2.57. The number of benzene rings is 1. The summed E-state index contributed by atoms with van der Waals surface area (Å²) in [6.07, 6.45) is 10.7. The number of ether oxygens (including phenoxy) is 1. The number of nitrogens with zero attached hydrogens (tertiary/aromatic N) is 1. The molecule has 1 N–H and O–H groups in total. The second-order valence-electron chi connectivity index (χ2n) is 10.7. The first-order valence-corrected chi connectivity index (χ1v) is 14.0. The molecule has 4 aliphatic rings. The Labute approximate surface area is 216 Å². The summed E-state index contributed by atoms with van der Waals surface area (Å²) in [5, 5.41) is 10.2. The molecule has 0 unspecified atom stereocenters. The maximum absolute atomic E-state index is 13.6. The number of likely N-dealkylation sites (tertiary alicyclic amines) is 1. The van der Waals surface area contributed by atoms with Gasteiger partial charge in [0, 0.05) is 22.0 Å². The Morgan fingerprint density at radius 2 is 1.94 bits per heavy atom. The van der Waals surface area contributed by atoms with Gasteiger partial charge in [-0.1, -0.05) is 59.3 Å². The van der Waals surface area contributed by atoms with E-state index in [2.05, 4.69) is 29.8 Å². The molecule has 2 saturated heterocycles. The highest BCUT2D eigenvalue weighted by Crippen LogP contribution is 2.51. The van der Waals surface area contributed by atoms with Crippen molar-refractivity contribution < 1.29 is 19.4 Å². The summed E-state index contributed by atoms with van der Waals surface area (Å²) in [5.74, 6) is 0.0117. The Hall–Kier alpha value is -1.92. The maximum atomic E-state index is 13.6. The number of halogens is 1. The van der Waals surface area contributed by atoms with E-state index in [4.69, 9.17) is 4.74 Å². The lowest BCUT2D eigenvalue weighted by atomic mass is 9.69. The molecule has 5 rings (SSSR count). The monoisotopic (exact) mass is 541 g/mol. The Bertz CT molecular complexity index is 1070. The van der Waals surface area contributed by atoms with Crippen molar-refractivity contribution in [2.75, 3.05) is 6.61 Å². The maximum Gasteiger partial charge on any atom is 0.234 e. The smallest absolute Gasteiger partial charge is 0.234 e. The molecule has 5 nitrogen and oxygen atoms in total. The molecule has 4 atom stereocenters. The van der Waals surface area contributed by atoms with Crippen LogP contribution in [0.2, 0.25) is 0 Å². The number of hydrogen-bond acceptors (Lipinski definition) is 4. The number of carbonyl (C=O) groups excluding carboxylic acids is 2. The molecule has 1 saturated carbocycles. The van der Waals surface area contributed by atoms with Crippen LogP contribution in [0.5, 0.6) is 5.75 Å². The molecule has 2 aliphatic carbocycles. The first-order valence-electron chi connectivity index (χ1n) is 13.2. The fourth-order valence-corrected chi connectivity index (χ4v) is 7.25. The number of phenols is 1. The summed E-state index contributed by atoms with van der Waals surface area (Å²) in [7, 11) is 0. The number of amides is 2. The number of imide groups is 1. The minimum absolute atomic E-state index is 0.00184. The van der Waals surface area contributed by atoms with Gasteiger partial charge in [-0.2, -0.15) is 0 Å². The van der Waals surface area contributed by atoms with Crippen LogP contribution < -0.4 is 0 Å². The molecule has 2 aliphatic heterocycles. The minimum atomic E-state index is -0.241. The van der Waals surface area contributed by atoms with Crippen LogP contribution in [0.15, 0.2) is 39.4 Å². The summed E-state index contributed by atoms with van der Waals surface area (Å²) in [4.78, 5) is 28.7. The Morgan fingerprint density at radius 3 is 2.69 bits per heavy atom. The van der Waals surface area contributed by atoms with Gasteiger partial charge in [0.05, 0.1) is 24.5 Å². The van der Waals surface area contributed by atoms with Crippen LogP contribution >= 0.6 is 15.9 Å². The second kappa shape index (κ2) is 10.2. The topological polar surface area (TPSA) is 66.8 Å². The van der Waals surface area contributed by atoms with Crippen molar-refractivity contribution in [2.45, 2.75) is 83.8 Å². The Morgan fingerprint density at radius 1 is 1.17 bits per heavy atom. The molecular weight excluding hydrogens is 506 g/mol. The van der Waals surface area contributed by atoms with Gasteiger partial charge >= 0.3 is 0 Å². The van der Waals surface area contributed by atoms with Gasteiger partial charge in [-0.15, -0.1) is 0 Å². The highest BCUT2D eigenvalue weighted by atomic mass is 79.9. The average molecular weight is 543 g/mol. The van der Waals surface area contributed by atoms with Crippen LogP contribution in [-0.4, -0.2) is 40.6 Å². The molecule has 2 heterocycles. The normalized spacial score (nSPS) is 29.7. The third kappa shape index (κ3) is 4.64. The van der Waals surface area contributed by atoms with Crippen molar-refractivity contribution >= 4 is 33.8 Å². The van der Waals surface area contributed by atoms with Crippen molar-refractivity contribution in [3.63, 3.8) is 0 Å².